The molecule has 67 heavy (non-hydrogen) atoms. The van der Waals surface area contributed by atoms with E-state index in [4.69, 9.17) is 0 Å². The minimum atomic E-state index is 0.436. The first-order chi connectivity index (χ1) is 32.3. The van der Waals surface area contributed by atoms with Crippen LogP contribution in [0.4, 0.5) is 0 Å². The number of nitrogens with zero attached hydrogens (tertiary/aromatic N) is 7. The molecule has 0 amide bonds. The second-order valence-electron chi connectivity index (χ2n) is 14.9. The summed E-state index contributed by atoms with van der Waals surface area (Å²) in [6, 6.07) is 26.6. The van der Waals surface area contributed by atoms with E-state index in [2.05, 4.69) is 154 Å². The van der Waals surface area contributed by atoms with Gasteiger partial charge in [-0.05, 0) is 89.1 Å². The third-order valence-corrected chi connectivity index (χ3v) is 7.77. The fourth-order valence-electron chi connectivity index (χ4n) is 4.49. The first kappa shape index (κ1) is 73.4. The molecule has 6 aromatic rings. The van der Waals surface area contributed by atoms with Crippen molar-refractivity contribution in [3.63, 3.8) is 0 Å². The summed E-state index contributed by atoms with van der Waals surface area (Å²) in [5.41, 5.74) is 6.31. The van der Waals surface area contributed by atoms with Gasteiger partial charge in [-0.15, -0.1) is 0 Å². The van der Waals surface area contributed by atoms with Crippen LogP contribution in [-0.4, -0.2) is 34.9 Å². The summed E-state index contributed by atoms with van der Waals surface area (Å²) in [5.74, 6) is 4.36. The van der Waals surface area contributed by atoms with Crippen molar-refractivity contribution in [2.75, 3.05) is 0 Å². The Morgan fingerprint density at radius 3 is 1.07 bits per heavy atom. The van der Waals surface area contributed by atoms with Crippen LogP contribution in [0.25, 0.3) is 0 Å². The van der Waals surface area contributed by atoms with E-state index in [1.807, 2.05) is 150 Å². The summed E-state index contributed by atoms with van der Waals surface area (Å²) in [6.07, 6.45) is 19.1. The molecule has 0 radical (unpaired) electrons. The highest BCUT2D eigenvalue weighted by Crippen LogP contribution is 2.12. The Morgan fingerprint density at radius 1 is 0.313 bits per heavy atom. The quantitative estimate of drug-likeness (QED) is 0.157. The van der Waals surface area contributed by atoms with Crippen LogP contribution in [0.3, 0.4) is 0 Å². The average molecular weight is 923 g/mol. The zero-order chi connectivity index (χ0) is 52.8. The van der Waals surface area contributed by atoms with Crippen molar-refractivity contribution >= 4 is 0 Å². The first-order valence-corrected chi connectivity index (χ1v) is 25.6. The molecule has 1 aromatic carbocycles. The zero-order valence-electron chi connectivity index (χ0n) is 47.6. The minimum absolute atomic E-state index is 0.436. The topological polar surface area (TPSA) is 90.2 Å². The lowest BCUT2D eigenvalue weighted by Gasteiger charge is -2.02. The van der Waals surface area contributed by atoms with E-state index in [1.165, 1.54) is 23.1 Å². The van der Waals surface area contributed by atoms with E-state index in [9.17, 15) is 0 Å². The van der Waals surface area contributed by atoms with Gasteiger partial charge < -0.3 is 0 Å². The highest BCUT2D eigenvalue weighted by atomic mass is 14.9. The lowest BCUT2D eigenvalue weighted by atomic mass is 10.0. The van der Waals surface area contributed by atoms with Crippen LogP contribution in [-0.2, 0) is 6.42 Å². The van der Waals surface area contributed by atoms with Crippen LogP contribution in [0.2, 0.25) is 0 Å². The van der Waals surface area contributed by atoms with Crippen LogP contribution >= 0.6 is 0 Å². The monoisotopic (exact) mass is 922 g/mol. The second kappa shape index (κ2) is 57.0. The molecule has 0 N–H and O–H groups in total. The summed E-state index contributed by atoms with van der Waals surface area (Å²) in [7, 11) is 0. The Labute approximate surface area is 416 Å². The van der Waals surface area contributed by atoms with Gasteiger partial charge in [0.25, 0.3) is 0 Å². The van der Waals surface area contributed by atoms with E-state index >= 15 is 0 Å². The molecule has 0 spiro atoms. The molecule has 6 rings (SSSR count). The SMILES string of the molecule is CC.CC.CC.CC.CC.CC.CC(C)Cc1ccccc1.CC(C)c1ccccn1.CC(C)c1cccnc1.CC(C)c1ccncc1.CC(C)c1cnccn1.CC(C)c1ncccn1. The Kier molecular flexibility index (Phi) is 62.4. The maximum atomic E-state index is 4.18. The van der Waals surface area contributed by atoms with Crippen LogP contribution in [0.15, 0.2) is 141 Å². The van der Waals surface area contributed by atoms with Gasteiger partial charge in [-0.25, -0.2) is 9.97 Å². The lowest BCUT2D eigenvalue weighted by molar-refractivity contribution is 0.647. The van der Waals surface area contributed by atoms with E-state index in [0.717, 1.165) is 23.1 Å². The second-order valence-corrected chi connectivity index (χ2v) is 14.9. The maximum absolute atomic E-state index is 4.18. The highest BCUT2D eigenvalue weighted by Gasteiger charge is 1.99. The van der Waals surface area contributed by atoms with Crippen molar-refractivity contribution in [3.8, 4) is 0 Å². The predicted octanol–water partition coefficient (Wildman–Crippen LogP) is 18.9. The van der Waals surface area contributed by atoms with Gasteiger partial charge in [-0.3, -0.25) is 24.9 Å². The largest absolute Gasteiger partial charge is 0.265 e. The van der Waals surface area contributed by atoms with Gasteiger partial charge >= 0.3 is 0 Å². The van der Waals surface area contributed by atoms with Crippen molar-refractivity contribution in [2.45, 2.75) is 202 Å². The molecule has 0 unspecified atom stereocenters. The van der Waals surface area contributed by atoms with E-state index in [-0.39, 0.29) is 0 Å². The maximum Gasteiger partial charge on any atom is 0.130 e. The first-order valence-electron chi connectivity index (χ1n) is 25.6. The third kappa shape index (κ3) is 47.1. The number of hydrogen-bond donors (Lipinski definition) is 0. The molecule has 0 saturated carbocycles. The molecular weight excluding hydrogens is 819 g/mol. The van der Waals surface area contributed by atoms with Gasteiger partial charge in [-0.2, -0.15) is 0 Å². The highest BCUT2D eigenvalue weighted by molar-refractivity contribution is 5.15. The number of benzene rings is 1. The normalized spacial score (nSPS) is 8.87. The molecule has 0 atom stereocenters. The molecule has 0 fully saturated rings. The van der Waals surface area contributed by atoms with Crippen molar-refractivity contribution in [3.05, 3.63) is 175 Å². The molecule has 378 valence electrons. The van der Waals surface area contributed by atoms with Crippen molar-refractivity contribution in [2.24, 2.45) is 5.92 Å². The Balaban J connectivity index is -0.000000159. The Morgan fingerprint density at radius 2 is 0.776 bits per heavy atom. The van der Waals surface area contributed by atoms with E-state index < -0.39 is 0 Å². The fourth-order valence-corrected chi connectivity index (χ4v) is 4.49. The minimum Gasteiger partial charge on any atom is -0.265 e. The molecule has 0 aliphatic heterocycles. The molecule has 5 heterocycles. The molecule has 0 bridgehead atoms. The van der Waals surface area contributed by atoms with Crippen LogP contribution < -0.4 is 0 Å². The summed E-state index contributed by atoms with van der Waals surface area (Å²) >= 11 is 0. The molecule has 7 nitrogen and oxygen atoms in total. The molecule has 0 aliphatic carbocycles. The van der Waals surface area contributed by atoms with Crippen LogP contribution in [0.1, 0.15) is 230 Å². The standard InChI is InChI=1S/C10H14.3C8H11N.2C7H10N2.6C2H6/c1-9(2)8-10-6-4-3-5-7-10;1-7(2)8-3-5-9-6-4-8;1-7(2)8-4-3-5-9-6-8;1-7(2)8-5-3-4-6-9-8;1-6(2)7-5-8-3-4-9-7;1-6(2)7-8-4-3-5-9-7;6*1-2/h3-7,9H,8H2,1-2H3;3*3-7H,1-2H3;2*3-6H,1-2H3;6*1-2H3. The number of hydrogen-bond acceptors (Lipinski definition) is 7. The third-order valence-electron chi connectivity index (χ3n) is 7.77. The van der Waals surface area contributed by atoms with Crippen LogP contribution in [0.5, 0.6) is 0 Å². The summed E-state index contributed by atoms with van der Waals surface area (Å²) < 4.78 is 0. The predicted molar refractivity (Wildman–Crippen MR) is 300 cm³/mol. The van der Waals surface area contributed by atoms with Gasteiger partial charge in [0.05, 0.1) is 5.69 Å². The Hall–Kier alpha value is -5.17. The molecule has 0 aliphatic rings. The fraction of sp³-hybridized carbons (Fsp3) is 0.517. The Bertz CT molecular complexity index is 1450. The number of rotatable bonds is 7. The molecule has 0 saturated heterocycles. The average Bonchev–Trinajstić information content (AvgIpc) is 3.40. The van der Waals surface area contributed by atoms with Gasteiger partial charge in [0, 0.05) is 73.6 Å². The van der Waals surface area contributed by atoms with Crippen molar-refractivity contribution in [1.82, 2.24) is 34.9 Å². The smallest absolute Gasteiger partial charge is 0.130 e. The van der Waals surface area contributed by atoms with E-state index in [1.54, 1.807) is 37.2 Å². The van der Waals surface area contributed by atoms with E-state index in [0.29, 0.717) is 29.6 Å². The zero-order valence-corrected chi connectivity index (χ0v) is 47.6. The number of aromatic nitrogens is 7. The summed E-state index contributed by atoms with van der Waals surface area (Å²) in [5, 5.41) is 0. The van der Waals surface area contributed by atoms with Gasteiger partial charge in [0.2, 0.25) is 0 Å². The van der Waals surface area contributed by atoms with Crippen molar-refractivity contribution in [1.29, 1.82) is 0 Å². The molecule has 7 heteroatoms. The summed E-state index contributed by atoms with van der Waals surface area (Å²) in [4.78, 5) is 28.3. The lowest BCUT2D eigenvalue weighted by Crippen LogP contribution is -1.93. The number of pyridine rings is 3. The van der Waals surface area contributed by atoms with Gasteiger partial charge in [0.15, 0.2) is 0 Å². The molecular formula is C60H103N7. The van der Waals surface area contributed by atoms with Gasteiger partial charge in [0.1, 0.15) is 5.82 Å². The van der Waals surface area contributed by atoms with Gasteiger partial charge in [-0.1, -0.05) is 209 Å². The van der Waals surface area contributed by atoms with Crippen molar-refractivity contribution < 1.29 is 0 Å². The van der Waals surface area contributed by atoms with Crippen LogP contribution in [0, 0.1) is 5.92 Å². The summed E-state index contributed by atoms with van der Waals surface area (Å²) in [6.45, 7) is 49.8. The molecule has 5 aromatic heterocycles.